The Kier molecular flexibility index (Phi) is 9.13. The molecule has 1 saturated heterocycles. The van der Waals surface area contributed by atoms with E-state index in [1.54, 1.807) is 25.3 Å². The number of carbonyl (C=O) groups excluding carboxylic acids is 1. The number of nitrogens with zero attached hydrogens (tertiary/aromatic N) is 1. The third kappa shape index (κ3) is 6.50. The molecule has 0 aliphatic carbocycles. The first-order valence-corrected chi connectivity index (χ1v) is 14.2. The van der Waals surface area contributed by atoms with E-state index >= 15 is 0 Å². The molecule has 192 valence electrons. The number of piperidine rings is 1. The summed E-state index contributed by atoms with van der Waals surface area (Å²) in [4.78, 5) is 13.2. The van der Waals surface area contributed by atoms with Crippen molar-refractivity contribution in [1.82, 2.24) is 9.62 Å². The van der Waals surface area contributed by atoms with E-state index < -0.39 is 15.9 Å². The first kappa shape index (κ1) is 27.8. The molecule has 6 nitrogen and oxygen atoms in total. The number of ether oxygens (including phenoxy) is 1. The van der Waals surface area contributed by atoms with Crippen LogP contribution in [0.2, 0.25) is 10.0 Å². The van der Waals surface area contributed by atoms with Crippen molar-refractivity contribution in [3.05, 3.63) is 62.6 Å². The Morgan fingerprint density at radius 3 is 2.43 bits per heavy atom. The van der Waals surface area contributed by atoms with Gasteiger partial charge in [-0.25, -0.2) is 12.7 Å². The monoisotopic (exact) mass is 540 g/mol. The molecule has 35 heavy (non-hydrogen) atoms. The molecule has 1 amide bonds. The highest BCUT2D eigenvalue weighted by atomic mass is 35.5. The van der Waals surface area contributed by atoms with E-state index in [4.69, 9.17) is 27.9 Å². The second-order valence-corrected chi connectivity index (χ2v) is 12.3. The standard InChI is InChI=1S/C26H34Cl2N2O4S/c1-16(2)20-13-21(17(3)12-25(20)34-5)18(4)29-26(31)19-8-7-11-30(14-19)35(32,33)15-22-23(27)9-6-10-24(22)28/h6,9-10,12-13,16,18-19H,7-8,11,14-15H2,1-5H3,(H,29,31)/t18-,19-/m0/s1. The van der Waals surface area contributed by atoms with Crippen LogP contribution in [0.15, 0.2) is 30.3 Å². The Hall–Kier alpha value is -1.80. The quantitative estimate of drug-likeness (QED) is 0.455. The van der Waals surface area contributed by atoms with Crippen molar-refractivity contribution >= 4 is 39.1 Å². The summed E-state index contributed by atoms with van der Waals surface area (Å²) in [5.74, 6) is 0.252. The van der Waals surface area contributed by atoms with Crippen LogP contribution in [0.25, 0.3) is 0 Å². The first-order chi connectivity index (χ1) is 16.4. The number of hydrogen-bond donors (Lipinski definition) is 1. The highest BCUT2D eigenvalue weighted by Crippen LogP contribution is 2.33. The minimum absolute atomic E-state index is 0.141. The van der Waals surface area contributed by atoms with Gasteiger partial charge in [-0.3, -0.25) is 4.79 Å². The fourth-order valence-electron chi connectivity index (χ4n) is 4.57. The molecule has 0 saturated carbocycles. The molecule has 1 aliphatic rings. The van der Waals surface area contributed by atoms with Crippen molar-refractivity contribution in [2.24, 2.45) is 5.92 Å². The van der Waals surface area contributed by atoms with E-state index in [1.807, 2.05) is 19.9 Å². The van der Waals surface area contributed by atoms with Crippen LogP contribution in [-0.4, -0.2) is 38.8 Å². The summed E-state index contributed by atoms with van der Waals surface area (Å²) in [6, 6.07) is 8.80. The third-order valence-corrected chi connectivity index (χ3v) is 9.08. The molecule has 0 radical (unpaired) electrons. The van der Waals surface area contributed by atoms with E-state index in [0.717, 1.165) is 22.4 Å². The van der Waals surface area contributed by atoms with Crippen LogP contribution in [0.5, 0.6) is 5.75 Å². The Bertz CT molecular complexity index is 1160. The van der Waals surface area contributed by atoms with Crippen LogP contribution in [0, 0.1) is 12.8 Å². The molecule has 1 N–H and O–H groups in total. The normalized spacial score (nSPS) is 17.9. The van der Waals surface area contributed by atoms with Crippen LogP contribution in [0.1, 0.15) is 67.8 Å². The molecule has 2 atom stereocenters. The lowest BCUT2D eigenvalue weighted by atomic mass is 9.92. The Morgan fingerprint density at radius 2 is 1.83 bits per heavy atom. The average Bonchev–Trinajstić information content (AvgIpc) is 2.81. The van der Waals surface area contributed by atoms with Crippen LogP contribution in [0.3, 0.4) is 0 Å². The summed E-state index contributed by atoms with van der Waals surface area (Å²) >= 11 is 12.4. The second kappa shape index (κ2) is 11.5. The van der Waals surface area contributed by atoms with Gasteiger partial charge in [0.2, 0.25) is 15.9 Å². The number of methoxy groups -OCH3 is 1. The van der Waals surface area contributed by atoms with E-state index in [0.29, 0.717) is 35.0 Å². The third-order valence-electron chi connectivity index (χ3n) is 6.60. The largest absolute Gasteiger partial charge is 0.496 e. The number of carbonyl (C=O) groups is 1. The molecule has 2 aromatic rings. The van der Waals surface area contributed by atoms with Gasteiger partial charge in [0.15, 0.2) is 0 Å². The molecule has 1 fully saturated rings. The summed E-state index contributed by atoms with van der Waals surface area (Å²) < 4.78 is 33.2. The number of benzene rings is 2. The minimum atomic E-state index is -3.69. The van der Waals surface area contributed by atoms with Crippen LogP contribution < -0.4 is 10.1 Å². The number of amides is 1. The number of halogens is 2. The van der Waals surface area contributed by atoms with E-state index in [9.17, 15) is 13.2 Å². The SMILES string of the molecule is COc1cc(C)c([C@H](C)NC(=O)[C@H]2CCCN(S(=O)(=O)Cc3c(Cl)cccc3Cl)C2)cc1C(C)C. The summed E-state index contributed by atoms with van der Waals surface area (Å²) in [6.45, 7) is 8.67. The molecule has 9 heteroatoms. The van der Waals surface area contributed by atoms with E-state index in [-0.39, 0.29) is 30.2 Å². The predicted octanol–water partition coefficient (Wildman–Crippen LogP) is 5.85. The summed E-state index contributed by atoms with van der Waals surface area (Å²) in [7, 11) is -2.03. The summed E-state index contributed by atoms with van der Waals surface area (Å²) in [5, 5.41) is 3.74. The van der Waals surface area contributed by atoms with Crippen molar-refractivity contribution in [2.45, 2.75) is 58.2 Å². The number of sulfonamides is 1. The maximum atomic E-state index is 13.2. The van der Waals surface area contributed by atoms with Gasteiger partial charge < -0.3 is 10.1 Å². The molecule has 1 heterocycles. The van der Waals surface area contributed by atoms with Crippen molar-refractivity contribution in [2.75, 3.05) is 20.2 Å². The van der Waals surface area contributed by atoms with Gasteiger partial charge in [0, 0.05) is 28.7 Å². The van der Waals surface area contributed by atoms with Gasteiger partial charge in [-0.2, -0.15) is 0 Å². The fourth-order valence-corrected chi connectivity index (χ4v) is 6.93. The van der Waals surface area contributed by atoms with Gasteiger partial charge in [-0.15, -0.1) is 0 Å². The van der Waals surface area contributed by atoms with Gasteiger partial charge in [0.25, 0.3) is 0 Å². The Balaban J connectivity index is 1.72. The molecule has 0 spiro atoms. The minimum Gasteiger partial charge on any atom is -0.496 e. The molecule has 0 aromatic heterocycles. The predicted molar refractivity (Wildman–Crippen MR) is 142 cm³/mol. The highest BCUT2D eigenvalue weighted by Gasteiger charge is 2.33. The van der Waals surface area contributed by atoms with Gasteiger partial charge in [0.05, 0.1) is 24.8 Å². The maximum absolute atomic E-state index is 13.2. The molecule has 0 unspecified atom stereocenters. The van der Waals surface area contributed by atoms with Crippen LogP contribution in [0.4, 0.5) is 0 Å². The summed E-state index contributed by atoms with van der Waals surface area (Å²) in [6.07, 6.45) is 1.25. The molecular formula is C26H34Cl2N2O4S. The lowest BCUT2D eigenvalue weighted by Crippen LogP contribution is -2.46. The van der Waals surface area contributed by atoms with Crippen LogP contribution in [-0.2, 0) is 20.6 Å². The topological polar surface area (TPSA) is 75.7 Å². The zero-order chi connectivity index (χ0) is 25.9. The second-order valence-electron chi connectivity index (χ2n) is 9.49. The Morgan fingerprint density at radius 1 is 1.17 bits per heavy atom. The van der Waals surface area contributed by atoms with Gasteiger partial charge in [-0.05, 0) is 73.6 Å². The van der Waals surface area contributed by atoms with Crippen LogP contribution >= 0.6 is 23.2 Å². The molecule has 1 aliphatic heterocycles. The van der Waals surface area contributed by atoms with E-state index in [1.165, 1.54) is 4.31 Å². The van der Waals surface area contributed by atoms with Gasteiger partial charge in [0.1, 0.15) is 5.75 Å². The zero-order valence-electron chi connectivity index (χ0n) is 20.9. The molecular weight excluding hydrogens is 507 g/mol. The number of hydrogen-bond acceptors (Lipinski definition) is 4. The smallest absolute Gasteiger partial charge is 0.224 e. The molecule has 3 rings (SSSR count). The van der Waals surface area contributed by atoms with Crippen molar-refractivity contribution in [3.63, 3.8) is 0 Å². The number of aryl methyl sites for hydroxylation is 1. The van der Waals surface area contributed by atoms with Crippen molar-refractivity contribution in [1.29, 1.82) is 0 Å². The highest BCUT2D eigenvalue weighted by molar-refractivity contribution is 7.88. The lowest BCUT2D eigenvalue weighted by molar-refractivity contribution is -0.126. The average molecular weight is 542 g/mol. The fraction of sp³-hybridized carbons (Fsp3) is 0.500. The maximum Gasteiger partial charge on any atom is 0.224 e. The van der Waals surface area contributed by atoms with Crippen molar-refractivity contribution < 1.29 is 17.9 Å². The molecule has 0 bridgehead atoms. The van der Waals surface area contributed by atoms with Crippen molar-refractivity contribution in [3.8, 4) is 5.75 Å². The summed E-state index contributed by atoms with van der Waals surface area (Å²) in [5.41, 5.74) is 3.52. The first-order valence-electron chi connectivity index (χ1n) is 11.8. The van der Waals surface area contributed by atoms with E-state index in [2.05, 4.69) is 25.2 Å². The van der Waals surface area contributed by atoms with Gasteiger partial charge >= 0.3 is 0 Å². The number of nitrogens with one attached hydrogen (secondary N) is 1. The molecule has 2 aromatic carbocycles. The lowest BCUT2D eigenvalue weighted by Gasteiger charge is -2.32. The Labute approximate surface area is 219 Å². The zero-order valence-corrected chi connectivity index (χ0v) is 23.2. The van der Waals surface area contributed by atoms with Gasteiger partial charge in [-0.1, -0.05) is 43.1 Å². The number of rotatable bonds is 8.